The number of carbonyl (C=O) groups excluding carboxylic acids is 1. The lowest BCUT2D eigenvalue weighted by Gasteiger charge is -2.13. The van der Waals surface area contributed by atoms with E-state index in [2.05, 4.69) is 10.6 Å². The number of carbonyl (C=O) groups is 1. The normalized spacial score (nSPS) is 22.4. The van der Waals surface area contributed by atoms with E-state index in [1.807, 2.05) is 6.92 Å². The van der Waals surface area contributed by atoms with Gasteiger partial charge < -0.3 is 15.4 Å². The van der Waals surface area contributed by atoms with E-state index in [0.29, 0.717) is 6.42 Å². The van der Waals surface area contributed by atoms with Gasteiger partial charge in [0.2, 0.25) is 0 Å². The highest BCUT2D eigenvalue weighted by molar-refractivity contribution is 7.80. The molecule has 18 heavy (non-hydrogen) atoms. The summed E-state index contributed by atoms with van der Waals surface area (Å²) in [4.78, 5) is 11.4. The summed E-state index contributed by atoms with van der Waals surface area (Å²) >= 11 is 5.03. The first-order valence-electron chi connectivity index (χ1n) is 5.59. The molecule has 0 bridgehead atoms. The van der Waals surface area contributed by atoms with E-state index in [0.717, 1.165) is 0 Å². The zero-order valence-corrected chi connectivity index (χ0v) is 10.6. The Morgan fingerprint density at radius 1 is 1.50 bits per heavy atom. The lowest BCUT2D eigenvalue weighted by atomic mass is 10.2. The van der Waals surface area contributed by atoms with Crippen LogP contribution in [-0.4, -0.2) is 23.2 Å². The Hall–Kier alpha value is -1.69. The number of hydrogen-bond acceptors (Lipinski definition) is 3. The van der Waals surface area contributed by atoms with E-state index < -0.39 is 11.9 Å². The van der Waals surface area contributed by atoms with Gasteiger partial charge in [-0.15, -0.1) is 0 Å². The number of halogens is 1. The van der Waals surface area contributed by atoms with E-state index in [4.69, 9.17) is 17.0 Å². The topological polar surface area (TPSA) is 50.4 Å². The molecule has 1 aromatic carbocycles. The second kappa shape index (κ2) is 5.30. The van der Waals surface area contributed by atoms with Crippen LogP contribution in [0.25, 0.3) is 0 Å². The maximum absolute atomic E-state index is 13.4. The van der Waals surface area contributed by atoms with E-state index in [9.17, 15) is 9.18 Å². The molecular weight excluding hydrogens is 255 g/mol. The lowest BCUT2D eigenvalue weighted by Crippen LogP contribution is -2.40. The molecule has 0 aliphatic carbocycles. The zero-order chi connectivity index (χ0) is 13.1. The predicted octanol–water partition coefficient (Wildman–Crippen LogP) is 1.82. The quantitative estimate of drug-likeness (QED) is 0.633. The Kier molecular flexibility index (Phi) is 3.76. The molecule has 2 N–H and O–H groups in total. The fraction of sp³-hybridized carbons (Fsp3) is 0.333. The molecule has 1 aromatic rings. The molecule has 0 radical (unpaired) electrons. The molecule has 2 atom stereocenters. The van der Waals surface area contributed by atoms with Crippen molar-refractivity contribution < 1.29 is 13.9 Å². The molecule has 1 heterocycles. The van der Waals surface area contributed by atoms with Crippen molar-refractivity contribution in [3.63, 3.8) is 0 Å². The van der Waals surface area contributed by atoms with Gasteiger partial charge in [-0.2, -0.15) is 0 Å². The summed E-state index contributed by atoms with van der Waals surface area (Å²) in [6.45, 7) is 1.81. The highest BCUT2D eigenvalue weighted by Crippen LogP contribution is 2.15. The largest absolute Gasteiger partial charge is 0.461 e. The molecule has 0 amide bonds. The Bertz CT molecular complexity index is 481. The first-order chi connectivity index (χ1) is 8.56. The Morgan fingerprint density at radius 2 is 2.22 bits per heavy atom. The maximum atomic E-state index is 13.4. The Labute approximate surface area is 110 Å². The van der Waals surface area contributed by atoms with Crippen LogP contribution in [0.3, 0.4) is 0 Å². The summed E-state index contributed by atoms with van der Waals surface area (Å²) in [6.07, 6.45) is 0.434. The lowest BCUT2D eigenvalue weighted by molar-refractivity contribution is -0.142. The summed E-state index contributed by atoms with van der Waals surface area (Å²) in [5, 5.41) is 5.73. The van der Waals surface area contributed by atoms with Crippen LogP contribution < -0.4 is 10.6 Å². The number of para-hydroxylation sites is 1. The summed E-state index contributed by atoms with van der Waals surface area (Å²) in [5.74, 6) is -0.732. The number of nitrogens with one attached hydrogen (secondary N) is 2. The van der Waals surface area contributed by atoms with Gasteiger partial charge in [-0.05, 0) is 31.3 Å². The van der Waals surface area contributed by atoms with Crippen molar-refractivity contribution in [2.45, 2.75) is 25.5 Å². The van der Waals surface area contributed by atoms with Gasteiger partial charge in [-0.25, -0.2) is 9.18 Å². The van der Waals surface area contributed by atoms with Crippen LogP contribution in [0.4, 0.5) is 10.1 Å². The summed E-state index contributed by atoms with van der Waals surface area (Å²) in [5.41, 5.74) is 0.273. The number of hydrogen-bond donors (Lipinski definition) is 2. The highest BCUT2D eigenvalue weighted by atomic mass is 32.1. The SMILES string of the molecule is C[C@@H]1C[C@H](NC(=S)Nc2ccccc2F)C(=O)O1. The van der Waals surface area contributed by atoms with Crippen molar-refractivity contribution in [3.8, 4) is 0 Å². The van der Waals surface area contributed by atoms with Crippen molar-refractivity contribution in [3.05, 3.63) is 30.1 Å². The van der Waals surface area contributed by atoms with E-state index in [1.165, 1.54) is 6.07 Å². The van der Waals surface area contributed by atoms with Crippen LogP contribution >= 0.6 is 12.2 Å². The standard InChI is InChI=1S/C12H13FN2O2S/c1-7-6-10(11(16)17-7)15-12(18)14-9-5-3-2-4-8(9)13/h2-5,7,10H,6H2,1H3,(H2,14,15,18)/t7-,10+/m1/s1. The third kappa shape index (κ3) is 2.95. The fourth-order valence-electron chi connectivity index (χ4n) is 1.75. The average molecular weight is 268 g/mol. The molecule has 0 unspecified atom stereocenters. The van der Waals surface area contributed by atoms with Crippen molar-refractivity contribution in [2.75, 3.05) is 5.32 Å². The third-order valence-corrected chi connectivity index (χ3v) is 2.82. The number of cyclic esters (lactones) is 1. The monoisotopic (exact) mass is 268 g/mol. The Balaban J connectivity index is 1.94. The first-order valence-corrected chi connectivity index (χ1v) is 5.99. The minimum atomic E-state index is -0.466. The second-order valence-electron chi connectivity index (χ2n) is 4.11. The van der Waals surface area contributed by atoms with Gasteiger partial charge in [0.25, 0.3) is 0 Å². The average Bonchev–Trinajstić information content (AvgIpc) is 2.61. The van der Waals surface area contributed by atoms with Crippen LogP contribution in [0.5, 0.6) is 0 Å². The molecule has 1 saturated heterocycles. The Morgan fingerprint density at radius 3 is 2.83 bits per heavy atom. The number of anilines is 1. The van der Waals surface area contributed by atoms with Gasteiger partial charge in [0.15, 0.2) is 5.11 Å². The number of esters is 1. The molecule has 6 heteroatoms. The van der Waals surface area contributed by atoms with Gasteiger partial charge in [0.05, 0.1) is 5.69 Å². The zero-order valence-electron chi connectivity index (χ0n) is 9.77. The predicted molar refractivity (Wildman–Crippen MR) is 69.7 cm³/mol. The maximum Gasteiger partial charge on any atom is 0.329 e. The molecule has 1 aliphatic rings. The summed E-state index contributed by atoms with van der Waals surface area (Å²) in [7, 11) is 0. The molecule has 96 valence electrons. The summed E-state index contributed by atoms with van der Waals surface area (Å²) < 4.78 is 18.3. The van der Waals surface area contributed by atoms with E-state index in [1.54, 1.807) is 18.2 Å². The highest BCUT2D eigenvalue weighted by Gasteiger charge is 2.32. The summed E-state index contributed by atoms with van der Waals surface area (Å²) in [6, 6.07) is 5.72. The molecular formula is C12H13FN2O2S. The number of ether oxygens (including phenoxy) is 1. The van der Waals surface area contributed by atoms with E-state index in [-0.39, 0.29) is 22.9 Å². The van der Waals surface area contributed by atoms with Crippen molar-refractivity contribution in [1.29, 1.82) is 0 Å². The van der Waals surface area contributed by atoms with Crippen molar-refractivity contribution >= 4 is 29.0 Å². The molecule has 4 nitrogen and oxygen atoms in total. The van der Waals surface area contributed by atoms with Crippen LogP contribution in [0, 0.1) is 5.82 Å². The molecule has 1 fully saturated rings. The van der Waals surface area contributed by atoms with Crippen LogP contribution in [0.15, 0.2) is 24.3 Å². The minimum Gasteiger partial charge on any atom is -0.461 e. The van der Waals surface area contributed by atoms with Gasteiger partial charge in [0.1, 0.15) is 18.0 Å². The van der Waals surface area contributed by atoms with Crippen LogP contribution in [-0.2, 0) is 9.53 Å². The molecule has 2 rings (SSSR count). The third-order valence-electron chi connectivity index (χ3n) is 2.60. The molecule has 0 spiro atoms. The molecule has 0 saturated carbocycles. The van der Waals surface area contributed by atoms with Gasteiger partial charge in [-0.3, -0.25) is 0 Å². The number of benzene rings is 1. The minimum absolute atomic E-state index is 0.119. The van der Waals surface area contributed by atoms with Crippen LogP contribution in [0.1, 0.15) is 13.3 Å². The number of rotatable bonds is 2. The first kappa shape index (κ1) is 12.8. The van der Waals surface area contributed by atoms with Crippen molar-refractivity contribution in [2.24, 2.45) is 0 Å². The molecule has 1 aliphatic heterocycles. The van der Waals surface area contributed by atoms with Crippen molar-refractivity contribution in [1.82, 2.24) is 5.32 Å². The van der Waals surface area contributed by atoms with Gasteiger partial charge in [0, 0.05) is 6.42 Å². The number of thiocarbonyl (C=S) groups is 1. The molecule has 0 aromatic heterocycles. The second-order valence-corrected chi connectivity index (χ2v) is 4.52. The van der Waals surface area contributed by atoms with E-state index >= 15 is 0 Å². The smallest absolute Gasteiger partial charge is 0.329 e. The van der Waals surface area contributed by atoms with Crippen LogP contribution in [0.2, 0.25) is 0 Å². The van der Waals surface area contributed by atoms with Gasteiger partial charge >= 0.3 is 5.97 Å². The van der Waals surface area contributed by atoms with Gasteiger partial charge in [-0.1, -0.05) is 12.1 Å². The fourth-order valence-corrected chi connectivity index (χ4v) is 2.01.